The summed E-state index contributed by atoms with van der Waals surface area (Å²) in [6.45, 7) is 7.82. The Balaban J connectivity index is 2.08. The quantitative estimate of drug-likeness (QED) is 0.899. The predicted octanol–water partition coefficient (Wildman–Crippen LogP) is 2.29. The fourth-order valence-electron chi connectivity index (χ4n) is 4.15. The molecule has 1 saturated heterocycles. The van der Waals surface area contributed by atoms with Gasteiger partial charge in [0, 0.05) is 18.6 Å². The van der Waals surface area contributed by atoms with Gasteiger partial charge in [-0.15, -0.1) is 0 Å². The van der Waals surface area contributed by atoms with E-state index in [0.717, 1.165) is 26.2 Å². The second-order valence-corrected chi connectivity index (χ2v) is 6.76. The largest absolute Gasteiger partial charge is 0.378 e. The van der Waals surface area contributed by atoms with E-state index in [1.165, 1.54) is 24.0 Å². The van der Waals surface area contributed by atoms with E-state index in [9.17, 15) is 0 Å². The van der Waals surface area contributed by atoms with E-state index in [1.807, 2.05) is 0 Å². The Labute approximate surface area is 122 Å². The highest BCUT2D eigenvalue weighted by molar-refractivity contribution is 5.37. The first kappa shape index (κ1) is 14.1. The summed E-state index contributed by atoms with van der Waals surface area (Å²) in [6.07, 6.45) is 3.56. The Hall–Kier alpha value is -0.900. The first-order valence-corrected chi connectivity index (χ1v) is 7.74. The Kier molecular flexibility index (Phi) is 3.61. The van der Waals surface area contributed by atoms with E-state index >= 15 is 0 Å². The number of benzene rings is 1. The number of nitrogens with zero attached hydrogens (tertiary/aromatic N) is 1. The van der Waals surface area contributed by atoms with Gasteiger partial charge in [0.1, 0.15) is 0 Å². The monoisotopic (exact) mass is 274 g/mol. The van der Waals surface area contributed by atoms with E-state index in [1.54, 1.807) is 0 Å². The molecule has 2 aliphatic rings. The summed E-state index contributed by atoms with van der Waals surface area (Å²) >= 11 is 0. The minimum atomic E-state index is -0.0118. The number of ether oxygens (including phenoxy) is 1. The van der Waals surface area contributed by atoms with Crippen molar-refractivity contribution in [1.29, 1.82) is 0 Å². The van der Waals surface area contributed by atoms with E-state index < -0.39 is 0 Å². The number of nitrogens with two attached hydrogens (primary N) is 1. The highest BCUT2D eigenvalue weighted by Gasteiger charge is 2.47. The fraction of sp³-hybridized carbons (Fsp3) is 0.647. The van der Waals surface area contributed by atoms with Crippen LogP contribution < -0.4 is 5.73 Å². The minimum Gasteiger partial charge on any atom is -0.378 e. The molecule has 0 radical (unpaired) electrons. The lowest BCUT2D eigenvalue weighted by Crippen LogP contribution is -2.65. The van der Waals surface area contributed by atoms with Gasteiger partial charge in [0.25, 0.3) is 0 Å². The van der Waals surface area contributed by atoms with Crippen molar-refractivity contribution in [2.75, 3.05) is 26.3 Å². The van der Waals surface area contributed by atoms with E-state index in [4.69, 9.17) is 10.5 Å². The van der Waals surface area contributed by atoms with Gasteiger partial charge in [0.05, 0.1) is 18.8 Å². The average Bonchev–Trinajstić information content (AvgIpc) is 2.46. The molecule has 1 heterocycles. The van der Waals surface area contributed by atoms with Gasteiger partial charge in [-0.3, -0.25) is 4.90 Å². The molecule has 1 atom stereocenters. The van der Waals surface area contributed by atoms with Gasteiger partial charge in [0.2, 0.25) is 0 Å². The van der Waals surface area contributed by atoms with Crippen LogP contribution in [0.2, 0.25) is 0 Å². The summed E-state index contributed by atoms with van der Waals surface area (Å²) in [4.78, 5) is 2.61. The van der Waals surface area contributed by atoms with Crippen molar-refractivity contribution in [3.05, 3.63) is 35.4 Å². The number of rotatable bonds is 2. The maximum Gasteiger partial charge on any atom is 0.0646 e. The number of hydrogen-bond donors (Lipinski definition) is 1. The van der Waals surface area contributed by atoms with Crippen molar-refractivity contribution in [3.8, 4) is 0 Å². The topological polar surface area (TPSA) is 38.5 Å². The van der Waals surface area contributed by atoms with Gasteiger partial charge in [-0.1, -0.05) is 24.3 Å². The van der Waals surface area contributed by atoms with E-state index in [2.05, 4.69) is 43.0 Å². The maximum absolute atomic E-state index is 6.32. The lowest BCUT2D eigenvalue weighted by atomic mass is 9.73. The second-order valence-electron chi connectivity index (χ2n) is 6.76. The molecule has 3 rings (SSSR count). The zero-order valence-corrected chi connectivity index (χ0v) is 12.7. The molecule has 2 N–H and O–H groups in total. The van der Waals surface area contributed by atoms with Crippen molar-refractivity contribution in [2.45, 2.75) is 44.2 Å². The molecule has 1 aromatic rings. The SMILES string of the molecule is CC1(C)COCCN1C1(CN)CCCc2ccccc21. The van der Waals surface area contributed by atoms with Crippen molar-refractivity contribution in [1.82, 2.24) is 4.90 Å². The van der Waals surface area contributed by atoms with Gasteiger partial charge in [-0.2, -0.15) is 0 Å². The molecular weight excluding hydrogens is 248 g/mol. The predicted molar refractivity (Wildman–Crippen MR) is 81.7 cm³/mol. The fourth-order valence-corrected chi connectivity index (χ4v) is 4.15. The van der Waals surface area contributed by atoms with Crippen molar-refractivity contribution >= 4 is 0 Å². The maximum atomic E-state index is 6.32. The van der Waals surface area contributed by atoms with Gasteiger partial charge >= 0.3 is 0 Å². The van der Waals surface area contributed by atoms with Crippen LogP contribution in [0.15, 0.2) is 24.3 Å². The summed E-state index contributed by atoms with van der Waals surface area (Å²) < 4.78 is 5.70. The molecule has 0 saturated carbocycles. The average molecular weight is 274 g/mol. The zero-order chi connectivity index (χ0) is 14.2. The Morgan fingerprint density at radius 3 is 2.85 bits per heavy atom. The number of morpholine rings is 1. The Morgan fingerprint density at radius 1 is 1.30 bits per heavy atom. The third-order valence-corrected chi connectivity index (χ3v) is 5.05. The van der Waals surface area contributed by atoms with Crippen LogP contribution in [-0.2, 0) is 16.7 Å². The zero-order valence-electron chi connectivity index (χ0n) is 12.7. The first-order chi connectivity index (χ1) is 9.60. The van der Waals surface area contributed by atoms with Crippen molar-refractivity contribution in [3.63, 3.8) is 0 Å². The summed E-state index contributed by atoms with van der Waals surface area (Å²) in [6, 6.07) is 8.86. The summed E-state index contributed by atoms with van der Waals surface area (Å²) in [5.41, 5.74) is 9.28. The van der Waals surface area contributed by atoms with Crippen molar-refractivity contribution < 1.29 is 4.74 Å². The minimum absolute atomic E-state index is 0.0118. The van der Waals surface area contributed by atoms with Crippen LogP contribution in [0.3, 0.4) is 0 Å². The molecular formula is C17H26N2O. The molecule has 0 spiro atoms. The molecule has 3 heteroatoms. The Bertz CT molecular complexity index is 486. The molecule has 1 aliphatic carbocycles. The number of hydrogen-bond acceptors (Lipinski definition) is 3. The molecule has 0 bridgehead atoms. The van der Waals surface area contributed by atoms with Gasteiger partial charge in [-0.05, 0) is 44.2 Å². The lowest BCUT2D eigenvalue weighted by molar-refractivity contribution is -0.111. The van der Waals surface area contributed by atoms with Crippen LogP contribution in [-0.4, -0.2) is 36.7 Å². The van der Waals surface area contributed by atoms with Crippen LogP contribution in [0.25, 0.3) is 0 Å². The van der Waals surface area contributed by atoms with Crippen LogP contribution in [0, 0.1) is 0 Å². The van der Waals surface area contributed by atoms with Gasteiger partial charge in [-0.25, -0.2) is 0 Å². The lowest BCUT2D eigenvalue weighted by Gasteiger charge is -2.55. The Morgan fingerprint density at radius 2 is 2.10 bits per heavy atom. The van der Waals surface area contributed by atoms with E-state index in [0.29, 0.717) is 6.54 Å². The molecule has 1 unspecified atom stereocenters. The third kappa shape index (κ3) is 2.09. The molecule has 1 aromatic carbocycles. The van der Waals surface area contributed by atoms with Crippen molar-refractivity contribution in [2.24, 2.45) is 5.73 Å². The van der Waals surface area contributed by atoms with Gasteiger partial charge < -0.3 is 10.5 Å². The van der Waals surface area contributed by atoms with Crippen LogP contribution >= 0.6 is 0 Å². The summed E-state index contributed by atoms with van der Waals surface area (Å²) in [5, 5.41) is 0. The third-order valence-electron chi connectivity index (χ3n) is 5.05. The standard InChI is InChI=1S/C17H26N2O/c1-16(2)13-20-11-10-19(16)17(12-18)9-5-7-14-6-3-4-8-15(14)17/h3-4,6,8H,5,7,9-13,18H2,1-2H3. The highest BCUT2D eigenvalue weighted by atomic mass is 16.5. The molecule has 1 fully saturated rings. The van der Waals surface area contributed by atoms with Crippen LogP contribution in [0.1, 0.15) is 37.8 Å². The molecule has 0 amide bonds. The molecule has 1 aliphatic heterocycles. The van der Waals surface area contributed by atoms with E-state index in [-0.39, 0.29) is 11.1 Å². The van der Waals surface area contributed by atoms with Gasteiger partial charge in [0.15, 0.2) is 0 Å². The highest BCUT2D eigenvalue weighted by Crippen LogP contribution is 2.43. The van der Waals surface area contributed by atoms with Crippen LogP contribution in [0.4, 0.5) is 0 Å². The molecule has 110 valence electrons. The first-order valence-electron chi connectivity index (χ1n) is 7.74. The molecule has 20 heavy (non-hydrogen) atoms. The molecule has 3 nitrogen and oxygen atoms in total. The number of fused-ring (bicyclic) bond motifs is 1. The van der Waals surface area contributed by atoms with Crippen LogP contribution in [0.5, 0.6) is 0 Å². The summed E-state index contributed by atoms with van der Waals surface area (Å²) in [5.74, 6) is 0. The normalized spacial score (nSPS) is 29.9. The number of aryl methyl sites for hydroxylation is 1. The molecule has 0 aromatic heterocycles. The smallest absolute Gasteiger partial charge is 0.0646 e. The second kappa shape index (κ2) is 5.14. The summed E-state index contributed by atoms with van der Waals surface area (Å²) in [7, 11) is 0.